The van der Waals surface area contributed by atoms with Crippen LogP contribution in [0.3, 0.4) is 0 Å². The number of likely N-dealkylation sites (tertiary alicyclic amines) is 1. The number of carbonyl (C=O) groups excluding carboxylic acids is 2. The van der Waals surface area contributed by atoms with Gasteiger partial charge in [-0.15, -0.1) is 0 Å². The van der Waals surface area contributed by atoms with Crippen molar-refractivity contribution >= 4 is 11.7 Å². The Balaban J connectivity index is 1.67. The van der Waals surface area contributed by atoms with Crippen molar-refractivity contribution in [2.24, 2.45) is 0 Å². The van der Waals surface area contributed by atoms with Crippen molar-refractivity contribution in [1.82, 2.24) is 9.47 Å². The number of rotatable bonds is 4. The summed E-state index contributed by atoms with van der Waals surface area (Å²) in [5, 5.41) is 0. The zero-order chi connectivity index (χ0) is 20.5. The maximum absolute atomic E-state index is 14.2. The zero-order valence-corrected chi connectivity index (χ0v) is 16.7. The Morgan fingerprint density at radius 2 is 1.90 bits per heavy atom. The summed E-state index contributed by atoms with van der Waals surface area (Å²) in [6.45, 7) is 3.09. The summed E-state index contributed by atoms with van der Waals surface area (Å²) in [4.78, 5) is 27.3. The van der Waals surface area contributed by atoms with E-state index < -0.39 is 6.17 Å². The van der Waals surface area contributed by atoms with Crippen molar-refractivity contribution < 1.29 is 18.4 Å². The Morgan fingerprint density at radius 3 is 2.62 bits per heavy atom. The molecule has 0 bridgehead atoms. The van der Waals surface area contributed by atoms with E-state index in [9.17, 15) is 18.4 Å². The average Bonchev–Trinajstić information content (AvgIpc) is 2.97. The maximum Gasteiger partial charge on any atom is 0.227 e. The Labute approximate surface area is 169 Å². The van der Waals surface area contributed by atoms with Gasteiger partial charge in [0.15, 0.2) is 5.78 Å². The number of amides is 1. The van der Waals surface area contributed by atoms with E-state index in [0.717, 1.165) is 29.8 Å². The number of benzene rings is 1. The molecule has 29 heavy (non-hydrogen) atoms. The third kappa shape index (κ3) is 3.85. The van der Waals surface area contributed by atoms with Crippen LogP contribution in [-0.4, -0.2) is 40.4 Å². The van der Waals surface area contributed by atoms with E-state index >= 15 is 0 Å². The lowest BCUT2D eigenvalue weighted by molar-refractivity contribution is -0.131. The molecule has 2 heterocycles. The predicted octanol–water partition coefficient (Wildman–Crippen LogP) is 4.01. The number of carbonyl (C=O) groups is 2. The minimum Gasteiger partial charge on any atom is -0.343 e. The van der Waals surface area contributed by atoms with Crippen molar-refractivity contribution in [1.29, 1.82) is 0 Å². The molecule has 2 aliphatic rings. The highest BCUT2D eigenvalue weighted by Gasteiger charge is 2.31. The van der Waals surface area contributed by atoms with Crippen molar-refractivity contribution in [3.63, 3.8) is 0 Å². The van der Waals surface area contributed by atoms with Crippen LogP contribution in [0.5, 0.6) is 0 Å². The van der Waals surface area contributed by atoms with Gasteiger partial charge in [-0.1, -0.05) is 18.2 Å². The van der Waals surface area contributed by atoms with Gasteiger partial charge in [-0.05, 0) is 44.2 Å². The first-order valence-corrected chi connectivity index (χ1v) is 10.3. The lowest BCUT2D eigenvalue weighted by Gasteiger charge is -2.29. The van der Waals surface area contributed by atoms with Crippen molar-refractivity contribution in [2.75, 3.05) is 13.1 Å². The smallest absolute Gasteiger partial charge is 0.227 e. The van der Waals surface area contributed by atoms with E-state index in [1.807, 2.05) is 11.5 Å². The van der Waals surface area contributed by atoms with Crippen LogP contribution in [0.1, 0.15) is 58.6 Å². The third-order valence-corrected chi connectivity index (χ3v) is 6.25. The molecule has 1 fully saturated rings. The molecule has 1 saturated heterocycles. The SMILES string of the molecule is Cc1c(CC(=O)N2CCC(F)CC2)c2c(n1Cc1ccccc1F)CCCC2=O. The number of hydrogen-bond acceptors (Lipinski definition) is 2. The first-order chi connectivity index (χ1) is 14.0. The molecule has 1 aromatic carbocycles. The average molecular weight is 400 g/mol. The van der Waals surface area contributed by atoms with Gasteiger partial charge in [0.25, 0.3) is 0 Å². The lowest BCUT2D eigenvalue weighted by Crippen LogP contribution is -2.40. The molecule has 1 amide bonds. The Kier molecular flexibility index (Phi) is 5.52. The highest BCUT2D eigenvalue weighted by atomic mass is 19.1. The van der Waals surface area contributed by atoms with Crippen LogP contribution in [0.25, 0.3) is 0 Å². The number of Topliss-reactive ketones (excluding diaryl/α,β-unsaturated/α-hetero) is 1. The van der Waals surface area contributed by atoms with E-state index in [2.05, 4.69) is 0 Å². The molecule has 0 unspecified atom stereocenters. The summed E-state index contributed by atoms with van der Waals surface area (Å²) in [5.74, 6) is -0.278. The minimum atomic E-state index is -0.836. The number of ketones is 1. The second-order valence-electron chi connectivity index (χ2n) is 8.07. The summed E-state index contributed by atoms with van der Waals surface area (Å²) < 4.78 is 29.7. The molecule has 0 atom stereocenters. The fourth-order valence-corrected chi connectivity index (χ4v) is 4.57. The van der Waals surface area contributed by atoms with Crippen LogP contribution in [0.15, 0.2) is 24.3 Å². The maximum atomic E-state index is 14.2. The van der Waals surface area contributed by atoms with Gasteiger partial charge in [0, 0.05) is 42.0 Å². The van der Waals surface area contributed by atoms with E-state index in [4.69, 9.17) is 0 Å². The molecule has 4 rings (SSSR count). The number of hydrogen-bond donors (Lipinski definition) is 0. The molecular formula is C23H26F2N2O2. The molecule has 0 radical (unpaired) electrons. The van der Waals surface area contributed by atoms with Crippen LogP contribution in [0.4, 0.5) is 8.78 Å². The number of piperidine rings is 1. The second kappa shape index (κ2) is 8.09. The van der Waals surface area contributed by atoms with E-state index in [1.165, 1.54) is 6.07 Å². The normalized spacial score (nSPS) is 17.5. The largest absolute Gasteiger partial charge is 0.343 e. The van der Waals surface area contributed by atoms with Crippen LogP contribution in [-0.2, 0) is 24.2 Å². The number of alkyl halides is 1. The summed E-state index contributed by atoms with van der Waals surface area (Å²) in [6.07, 6.45) is 2.04. The highest BCUT2D eigenvalue weighted by Crippen LogP contribution is 2.32. The Hall–Kier alpha value is -2.50. The molecular weight excluding hydrogens is 374 g/mol. The minimum absolute atomic E-state index is 0.0619. The monoisotopic (exact) mass is 400 g/mol. The molecule has 154 valence electrons. The fourth-order valence-electron chi connectivity index (χ4n) is 4.57. The van der Waals surface area contributed by atoms with Crippen LogP contribution < -0.4 is 0 Å². The molecule has 1 aliphatic carbocycles. The Bertz CT molecular complexity index is 943. The second-order valence-corrected chi connectivity index (χ2v) is 8.07. The van der Waals surface area contributed by atoms with Crippen molar-refractivity contribution in [3.8, 4) is 0 Å². The van der Waals surface area contributed by atoms with Crippen LogP contribution in [0.2, 0.25) is 0 Å². The lowest BCUT2D eigenvalue weighted by atomic mass is 9.91. The van der Waals surface area contributed by atoms with Crippen LogP contribution in [0, 0.1) is 12.7 Å². The van der Waals surface area contributed by atoms with Gasteiger partial charge >= 0.3 is 0 Å². The molecule has 0 saturated carbocycles. The third-order valence-electron chi connectivity index (χ3n) is 6.25. The fraction of sp³-hybridized carbons (Fsp3) is 0.478. The summed E-state index contributed by atoms with van der Waals surface area (Å²) in [6, 6.07) is 6.64. The molecule has 1 aromatic heterocycles. The number of fused-ring (bicyclic) bond motifs is 1. The molecule has 4 nitrogen and oxygen atoms in total. The van der Waals surface area contributed by atoms with Crippen molar-refractivity contribution in [2.45, 2.75) is 58.2 Å². The standard InChI is InChI=1S/C23H26F2N2O2/c1-15-18(13-22(29)26-11-9-17(24)10-12-26)23-20(7-4-8-21(23)28)27(15)14-16-5-2-3-6-19(16)25/h2-3,5-6,17H,4,7-14H2,1H3. The molecule has 0 spiro atoms. The zero-order valence-electron chi connectivity index (χ0n) is 16.7. The predicted molar refractivity (Wildman–Crippen MR) is 106 cm³/mol. The first-order valence-electron chi connectivity index (χ1n) is 10.3. The molecule has 2 aromatic rings. The van der Waals surface area contributed by atoms with Gasteiger partial charge in [0.05, 0.1) is 13.0 Å². The summed E-state index contributed by atoms with van der Waals surface area (Å²) in [5.41, 5.74) is 3.73. The number of aromatic nitrogens is 1. The van der Waals surface area contributed by atoms with Gasteiger partial charge in [-0.2, -0.15) is 0 Å². The summed E-state index contributed by atoms with van der Waals surface area (Å²) in [7, 11) is 0. The topological polar surface area (TPSA) is 42.3 Å². The first kappa shape index (κ1) is 19.8. The van der Waals surface area contributed by atoms with Gasteiger partial charge in [-0.25, -0.2) is 8.78 Å². The molecule has 6 heteroatoms. The van der Waals surface area contributed by atoms with Crippen molar-refractivity contribution in [3.05, 3.63) is 58.2 Å². The van der Waals surface area contributed by atoms with E-state index in [0.29, 0.717) is 50.0 Å². The highest BCUT2D eigenvalue weighted by molar-refractivity contribution is 6.01. The molecule has 1 aliphatic heterocycles. The summed E-state index contributed by atoms with van der Waals surface area (Å²) >= 11 is 0. The van der Waals surface area contributed by atoms with Gasteiger partial charge in [0.1, 0.15) is 12.0 Å². The Morgan fingerprint density at radius 1 is 1.17 bits per heavy atom. The van der Waals surface area contributed by atoms with Gasteiger partial charge < -0.3 is 9.47 Å². The van der Waals surface area contributed by atoms with E-state index in [-0.39, 0.29) is 23.9 Å². The number of nitrogens with zero attached hydrogens (tertiary/aromatic N) is 2. The number of halogens is 2. The van der Waals surface area contributed by atoms with Crippen LogP contribution >= 0.6 is 0 Å². The van der Waals surface area contributed by atoms with Gasteiger partial charge in [-0.3, -0.25) is 9.59 Å². The molecule has 0 N–H and O–H groups in total. The van der Waals surface area contributed by atoms with Gasteiger partial charge in [0.2, 0.25) is 5.91 Å². The quantitative estimate of drug-likeness (QED) is 0.778. The van der Waals surface area contributed by atoms with E-state index in [1.54, 1.807) is 23.1 Å².